The van der Waals surface area contributed by atoms with Gasteiger partial charge in [-0.1, -0.05) is 144 Å². The van der Waals surface area contributed by atoms with E-state index in [-0.39, 0.29) is 0 Å². The Morgan fingerprint density at radius 1 is 0.677 bits per heavy atom. The molecular formula is C29H47N2+. The molecule has 31 heavy (non-hydrogen) atoms. The topological polar surface area (TPSA) is 24.7 Å². The van der Waals surface area contributed by atoms with Crippen LogP contribution in [0.2, 0.25) is 0 Å². The van der Waals surface area contributed by atoms with E-state index >= 15 is 0 Å². The Bertz CT molecular complexity index is 580. The van der Waals surface area contributed by atoms with Gasteiger partial charge in [-0.3, -0.25) is 0 Å². The molecule has 0 fully saturated rings. The predicted molar refractivity (Wildman–Crippen MR) is 138 cm³/mol. The fourth-order valence-corrected chi connectivity index (χ4v) is 4.80. The molecule has 2 nitrogen and oxygen atoms in total. The Kier molecular flexibility index (Phi) is 14.1. The Labute approximate surface area is 193 Å². The lowest BCUT2D eigenvalue weighted by molar-refractivity contribution is 0.330. The zero-order chi connectivity index (χ0) is 22.0. The van der Waals surface area contributed by atoms with Gasteiger partial charge >= 0.3 is 0 Å². The fraction of sp³-hybridized carbons (Fsp3) is 0.690. The van der Waals surface area contributed by atoms with E-state index in [0.717, 1.165) is 12.6 Å². The lowest BCUT2D eigenvalue weighted by Crippen LogP contribution is -2.19. The van der Waals surface area contributed by atoms with Gasteiger partial charge in [-0.25, -0.2) is 0 Å². The maximum atomic E-state index is 4.55. The molecule has 0 N–H and O–H groups in total. The van der Waals surface area contributed by atoms with E-state index in [4.69, 9.17) is 0 Å². The molecule has 0 bridgehead atoms. The molecule has 2 atom stereocenters. The first-order valence-electron chi connectivity index (χ1n) is 13.3. The lowest BCUT2D eigenvalue weighted by Gasteiger charge is -2.22. The fourth-order valence-electron chi connectivity index (χ4n) is 4.80. The third-order valence-corrected chi connectivity index (χ3v) is 6.77. The molecule has 0 spiro atoms. The van der Waals surface area contributed by atoms with Crippen molar-refractivity contribution in [1.29, 1.82) is 0 Å². The van der Waals surface area contributed by atoms with Crippen molar-refractivity contribution in [3.05, 3.63) is 42.1 Å². The number of benzene rings is 1. The number of rotatable bonds is 19. The molecule has 1 aliphatic rings. The molecule has 172 valence electrons. The summed E-state index contributed by atoms with van der Waals surface area (Å²) in [4.78, 5) is 9.11. The lowest BCUT2D eigenvalue weighted by atomic mass is 9.82. The van der Waals surface area contributed by atoms with Crippen LogP contribution >= 0.6 is 0 Å². The maximum Gasteiger partial charge on any atom is 0.244 e. The van der Waals surface area contributed by atoms with Crippen molar-refractivity contribution < 1.29 is 0 Å². The summed E-state index contributed by atoms with van der Waals surface area (Å²) < 4.78 is 0. The van der Waals surface area contributed by atoms with E-state index in [1.807, 2.05) is 12.4 Å². The zero-order valence-corrected chi connectivity index (χ0v) is 20.4. The molecular weight excluding hydrogens is 376 g/mol. The van der Waals surface area contributed by atoms with E-state index in [2.05, 4.69) is 54.2 Å². The van der Waals surface area contributed by atoms with E-state index in [0.29, 0.717) is 11.8 Å². The highest BCUT2D eigenvalue weighted by Gasteiger charge is 2.33. The van der Waals surface area contributed by atoms with Gasteiger partial charge in [0.15, 0.2) is 12.4 Å². The SMILES string of the molecule is CCCCCCCCCCCCCCCCC([C+]1N=CC=N1)C(C)Cc1ccccc1. The molecule has 0 amide bonds. The van der Waals surface area contributed by atoms with Gasteiger partial charge in [-0.05, 0) is 24.3 Å². The third kappa shape index (κ3) is 11.6. The largest absolute Gasteiger partial charge is 0.244 e. The molecule has 1 aromatic carbocycles. The molecule has 0 saturated carbocycles. The highest BCUT2D eigenvalue weighted by atomic mass is 15.0. The van der Waals surface area contributed by atoms with Gasteiger partial charge in [-0.15, -0.1) is 0 Å². The third-order valence-electron chi connectivity index (χ3n) is 6.77. The van der Waals surface area contributed by atoms with Crippen LogP contribution in [0.25, 0.3) is 0 Å². The van der Waals surface area contributed by atoms with Crippen molar-refractivity contribution in [3.63, 3.8) is 0 Å². The van der Waals surface area contributed by atoms with Gasteiger partial charge in [0, 0.05) is 0 Å². The van der Waals surface area contributed by atoms with Crippen LogP contribution in [-0.4, -0.2) is 12.4 Å². The molecule has 1 aliphatic heterocycles. The van der Waals surface area contributed by atoms with Crippen LogP contribution in [0.15, 0.2) is 40.3 Å². The number of aliphatic imine (C=N–C) groups is 2. The molecule has 1 aromatic rings. The van der Waals surface area contributed by atoms with Crippen molar-refractivity contribution in [2.45, 2.75) is 117 Å². The predicted octanol–water partition coefficient (Wildman–Crippen LogP) is 9.00. The quantitative estimate of drug-likeness (QED) is 0.157. The van der Waals surface area contributed by atoms with Crippen LogP contribution in [0.1, 0.15) is 116 Å². The second-order valence-corrected chi connectivity index (χ2v) is 9.57. The smallest absolute Gasteiger partial charge is 0.0965 e. The first-order chi connectivity index (χ1) is 15.3. The van der Waals surface area contributed by atoms with E-state index in [9.17, 15) is 0 Å². The first-order valence-corrected chi connectivity index (χ1v) is 13.3. The monoisotopic (exact) mass is 423 g/mol. The minimum absolute atomic E-state index is 0.479. The van der Waals surface area contributed by atoms with Gasteiger partial charge in [0.2, 0.25) is 6.17 Å². The normalized spacial score (nSPS) is 15.0. The second kappa shape index (κ2) is 17.0. The minimum Gasteiger partial charge on any atom is -0.0965 e. The van der Waals surface area contributed by atoms with Crippen LogP contribution in [0, 0.1) is 18.0 Å². The summed E-state index contributed by atoms with van der Waals surface area (Å²) in [7, 11) is 0. The Balaban J connectivity index is 1.52. The van der Waals surface area contributed by atoms with Gasteiger partial charge < -0.3 is 0 Å². The van der Waals surface area contributed by atoms with Crippen molar-refractivity contribution in [2.24, 2.45) is 21.8 Å². The average molecular weight is 424 g/mol. The average Bonchev–Trinajstić information content (AvgIpc) is 3.31. The zero-order valence-electron chi connectivity index (χ0n) is 20.4. The van der Waals surface area contributed by atoms with E-state index in [1.54, 1.807) is 0 Å². The summed E-state index contributed by atoms with van der Waals surface area (Å²) in [6.45, 7) is 4.67. The highest BCUT2D eigenvalue weighted by Crippen LogP contribution is 2.33. The minimum atomic E-state index is 0.479. The summed E-state index contributed by atoms with van der Waals surface area (Å²) in [6, 6.07) is 10.9. The van der Waals surface area contributed by atoms with Crippen molar-refractivity contribution >= 4 is 12.4 Å². The van der Waals surface area contributed by atoms with Gasteiger partial charge in [0.1, 0.15) is 0 Å². The summed E-state index contributed by atoms with van der Waals surface area (Å²) in [5, 5.41) is 0. The molecule has 0 radical (unpaired) electrons. The van der Waals surface area contributed by atoms with Crippen LogP contribution in [0.4, 0.5) is 0 Å². The number of nitrogens with zero attached hydrogens (tertiary/aromatic N) is 2. The number of hydrogen-bond donors (Lipinski definition) is 0. The Morgan fingerprint density at radius 2 is 1.16 bits per heavy atom. The van der Waals surface area contributed by atoms with Crippen LogP contribution < -0.4 is 0 Å². The summed E-state index contributed by atoms with van der Waals surface area (Å²) in [5.74, 6) is 1.05. The second-order valence-electron chi connectivity index (χ2n) is 9.57. The molecule has 0 aliphatic carbocycles. The molecule has 0 aromatic heterocycles. The number of hydrogen-bond acceptors (Lipinski definition) is 2. The van der Waals surface area contributed by atoms with Gasteiger partial charge in [0.25, 0.3) is 0 Å². The Hall–Kier alpha value is -1.57. The molecule has 2 unspecified atom stereocenters. The van der Waals surface area contributed by atoms with Crippen LogP contribution in [-0.2, 0) is 6.42 Å². The van der Waals surface area contributed by atoms with Crippen LogP contribution in [0.5, 0.6) is 0 Å². The highest BCUT2D eigenvalue weighted by molar-refractivity contribution is 6.18. The number of unbranched alkanes of at least 4 members (excludes halogenated alkanes) is 13. The maximum absolute atomic E-state index is 4.55. The van der Waals surface area contributed by atoms with Crippen molar-refractivity contribution in [2.75, 3.05) is 0 Å². The summed E-state index contributed by atoms with van der Waals surface area (Å²) >= 11 is 0. The molecule has 2 heteroatoms. The molecule has 2 rings (SSSR count). The van der Waals surface area contributed by atoms with Gasteiger partial charge in [0.05, 0.1) is 5.92 Å². The Morgan fingerprint density at radius 3 is 1.68 bits per heavy atom. The van der Waals surface area contributed by atoms with Crippen molar-refractivity contribution in [3.8, 4) is 0 Å². The van der Waals surface area contributed by atoms with Crippen LogP contribution in [0.3, 0.4) is 0 Å². The first kappa shape index (κ1) is 25.7. The summed E-state index contributed by atoms with van der Waals surface area (Å²) in [6.07, 6.45) is 26.9. The summed E-state index contributed by atoms with van der Waals surface area (Å²) in [5.41, 5.74) is 1.42. The van der Waals surface area contributed by atoms with Gasteiger partial charge in [-0.2, -0.15) is 0 Å². The molecule has 0 saturated heterocycles. The van der Waals surface area contributed by atoms with Crippen molar-refractivity contribution in [1.82, 2.24) is 0 Å². The van der Waals surface area contributed by atoms with E-state index in [1.165, 1.54) is 102 Å². The molecule has 1 heterocycles. The standard InChI is InChI=1S/C29H47N2/c1-3-4-5-6-7-8-9-10-11-12-13-14-15-19-22-28(29-30-23-24-31-29)26(2)25-27-20-17-16-18-21-27/h16-18,20-21,23-24,26,28H,3-15,19,22,25H2,1-2H3/q+1. The van der Waals surface area contributed by atoms with E-state index < -0.39 is 0 Å².